The molecule has 0 bridgehead atoms. The summed E-state index contributed by atoms with van der Waals surface area (Å²) in [6.45, 7) is 4.38. The monoisotopic (exact) mass is 396 g/mol. The fourth-order valence-corrected chi connectivity index (χ4v) is 2.95. The summed E-state index contributed by atoms with van der Waals surface area (Å²) in [6.07, 6.45) is 2.79. The predicted molar refractivity (Wildman–Crippen MR) is 119 cm³/mol. The van der Waals surface area contributed by atoms with Crippen LogP contribution in [0.4, 0.5) is 0 Å². The van der Waals surface area contributed by atoms with Crippen molar-refractivity contribution in [1.29, 1.82) is 0 Å². The van der Waals surface area contributed by atoms with Gasteiger partial charge in [0.25, 0.3) is 5.91 Å². The lowest BCUT2D eigenvalue weighted by Crippen LogP contribution is -2.38. The van der Waals surface area contributed by atoms with Crippen molar-refractivity contribution in [2.75, 3.05) is 33.8 Å². The van der Waals surface area contributed by atoms with Gasteiger partial charge in [-0.3, -0.25) is 9.79 Å². The molecule has 3 N–H and O–H groups in total. The first kappa shape index (κ1) is 22.3. The number of methoxy groups -OCH3 is 1. The number of carbonyl (C=O) groups is 1. The standard InChI is InChI=1S/C23H32N4O2/c1-4-25-23(26-15-6-8-18-10-12-21(29-3)13-11-18)27-16-14-19-7-5-9-20(17-19)22(28)24-2/h5,7,9-13,17H,4,6,8,14-16H2,1-3H3,(H,24,28)(H2,25,26,27). The minimum atomic E-state index is -0.0634. The lowest BCUT2D eigenvalue weighted by Gasteiger charge is -2.12. The normalized spacial score (nSPS) is 11.1. The van der Waals surface area contributed by atoms with E-state index in [1.807, 2.05) is 36.4 Å². The largest absolute Gasteiger partial charge is 0.497 e. The van der Waals surface area contributed by atoms with E-state index in [2.05, 4.69) is 40.0 Å². The van der Waals surface area contributed by atoms with Gasteiger partial charge < -0.3 is 20.7 Å². The number of aryl methyl sites for hydroxylation is 1. The minimum absolute atomic E-state index is 0.0634. The summed E-state index contributed by atoms with van der Waals surface area (Å²) in [5, 5.41) is 9.30. The minimum Gasteiger partial charge on any atom is -0.497 e. The van der Waals surface area contributed by atoms with Gasteiger partial charge in [0.15, 0.2) is 5.96 Å². The van der Waals surface area contributed by atoms with Crippen LogP contribution in [0.3, 0.4) is 0 Å². The van der Waals surface area contributed by atoms with Crippen molar-refractivity contribution in [2.24, 2.45) is 4.99 Å². The van der Waals surface area contributed by atoms with E-state index in [1.54, 1.807) is 14.2 Å². The Balaban J connectivity index is 1.78. The summed E-state index contributed by atoms with van der Waals surface area (Å²) >= 11 is 0. The van der Waals surface area contributed by atoms with Gasteiger partial charge in [-0.15, -0.1) is 0 Å². The lowest BCUT2D eigenvalue weighted by atomic mass is 10.1. The first-order valence-corrected chi connectivity index (χ1v) is 10.1. The number of benzene rings is 2. The van der Waals surface area contributed by atoms with E-state index in [0.29, 0.717) is 5.56 Å². The number of ether oxygens (including phenoxy) is 1. The fourth-order valence-electron chi connectivity index (χ4n) is 2.95. The summed E-state index contributed by atoms with van der Waals surface area (Å²) in [6, 6.07) is 15.9. The van der Waals surface area contributed by atoms with Gasteiger partial charge in [0.2, 0.25) is 0 Å². The second kappa shape index (κ2) is 12.4. The van der Waals surface area contributed by atoms with Crippen LogP contribution in [0.1, 0.15) is 34.8 Å². The highest BCUT2D eigenvalue weighted by Crippen LogP contribution is 2.12. The van der Waals surface area contributed by atoms with Crippen LogP contribution in [-0.2, 0) is 12.8 Å². The first-order valence-electron chi connectivity index (χ1n) is 10.1. The molecule has 156 valence electrons. The Hall–Kier alpha value is -3.02. The molecule has 0 spiro atoms. The molecule has 6 heteroatoms. The molecule has 2 aromatic carbocycles. The highest BCUT2D eigenvalue weighted by atomic mass is 16.5. The van der Waals surface area contributed by atoms with Gasteiger partial charge in [0.05, 0.1) is 7.11 Å². The van der Waals surface area contributed by atoms with E-state index in [4.69, 9.17) is 4.74 Å². The van der Waals surface area contributed by atoms with Gasteiger partial charge in [0.1, 0.15) is 5.75 Å². The van der Waals surface area contributed by atoms with Crippen LogP contribution in [0.5, 0.6) is 5.75 Å². The molecule has 0 aliphatic heterocycles. The van der Waals surface area contributed by atoms with E-state index >= 15 is 0 Å². The molecular formula is C23H32N4O2. The zero-order valence-corrected chi connectivity index (χ0v) is 17.6. The second-order valence-electron chi connectivity index (χ2n) is 6.67. The molecule has 0 saturated heterocycles. The molecule has 2 rings (SSSR count). The third kappa shape index (κ3) is 7.86. The quantitative estimate of drug-likeness (QED) is 0.328. The summed E-state index contributed by atoms with van der Waals surface area (Å²) in [7, 11) is 3.32. The summed E-state index contributed by atoms with van der Waals surface area (Å²) in [4.78, 5) is 16.4. The molecule has 0 unspecified atom stereocenters. The molecule has 0 atom stereocenters. The lowest BCUT2D eigenvalue weighted by molar-refractivity contribution is 0.0963. The maximum Gasteiger partial charge on any atom is 0.251 e. The van der Waals surface area contributed by atoms with Crippen LogP contribution in [0.2, 0.25) is 0 Å². The van der Waals surface area contributed by atoms with Crippen LogP contribution < -0.4 is 20.7 Å². The SMILES string of the molecule is CCNC(=NCCCc1ccc(OC)cc1)NCCc1cccc(C(=O)NC)c1. The van der Waals surface area contributed by atoms with Crippen LogP contribution in [-0.4, -0.2) is 45.7 Å². The Kier molecular flexibility index (Phi) is 9.55. The maximum atomic E-state index is 11.8. The number of hydrogen-bond donors (Lipinski definition) is 3. The molecule has 0 aliphatic carbocycles. The molecule has 2 aromatic rings. The Morgan fingerprint density at radius 1 is 1.03 bits per heavy atom. The van der Waals surface area contributed by atoms with Gasteiger partial charge in [-0.1, -0.05) is 24.3 Å². The van der Waals surface area contributed by atoms with Crippen molar-refractivity contribution in [3.05, 3.63) is 65.2 Å². The molecule has 0 fully saturated rings. The topological polar surface area (TPSA) is 74.8 Å². The smallest absolute Gasteiger partial charge is 0.251 e. The van der Waals surface area contributed by atoms with Crippen molar-refractivity contribution in [2.45, 2.75) is 26.2 Å². The highest BCUT2D eigenvalue weighted by molar-refractivity contribution is 5.94. The molecule has 29 heavy (non-hydrogen) atoms. The van der Waals surface area contributed by atoms with Gasteiger partial charge in [-0.2, -0.15) is 0 Å². The zero-order valence-electron chi connectivity index (χ0n) is 17.6. The summed E-state index contributed by atoms with van der Waals surface area (Å²) in [5.74, 6) is 1.64. The number of nitrogens with zero attached hydrogens (tertiary/aromatic N) is 1. The van der Waals surface area contributed by atoms with E-state index in [9.17, 15) is 4.79 Å². The summed E-state index contributed by atoms with van der Waals surface area (Å²) < 4.78 is 5.19. The zero-order chi connectivity index (χ0) is 20.9. The van der Waals surface area contributed by atoms with Crippen LogP contribution in [0.15, 0.2) is 53.5 Å². The second-order valence-corrected chi connectivity index (χ2v) is 6.67. The first-order chi connectivity index (χ1) is 14.2. The molecule has 6 nitrogen and oxygen atoms in total. The molecular weight excluding hydrogens is 364 g/mol. The van der Waals surface area contributed by atoms with Crippen molar-refractivity contribution in [3.63, 3.8) is 0 Å². The third-order valence-electron chi connectivity index (χ3n) is 4.52. The Morgan fingerprint density at radius 2 is 1.83 bits per heavy atom. The average Bonchev–Trinajstić information content (AvgIpc) is 2.76. The van der Waals surface area contributed by atoms with E-state index in [0.717, 1.165) is 56.2 Å². The van der Waals surface area contributed by atoms with Crippen LogP contribution in [0, 0.1) is 0 Å². The van der Waals surface area contributed by atoms with Crippen LogP contribution >= 0.6 is 0 Å². The van der Waals surface area contributed by atoms with Gasteiger partial charge in [-0.25, -0.2) is 0 Å². The number of guanidine groups is 1. The van der Waals surface area contributed by atoms with Crippen molar-refractivity contribution >= 4 is 11.9 Å². The molecule has 0 aliphatic rings. The van der Waals surface area contributed by atoms with Crippen molar-refractivity contribution < 1.29 is 9.53 Å². The van der Waals surface area contributed by atoms with E-state index < -0.39 is 0 Å². The maximum absolute atomic E-state index is 11.8. The number of rotatable bonds is 10. The third-order valence-corrected chi connectivity index (χ3v) is 4.52. The summed E-state index contributed by atoms with van der Waals surface area (Å²) in [5.41, 5.74) is 3.09. The van der Waals surface area contributed by atoms with Gasteiger partial charge >= 0.3 is 0 Å². The number of amides is 1. The number of hydrogen-bond acceptors (Lipinski definition) is 3. The Labute approximate surface area is 173 Å². The van der Waals surface area contributed by atoms with Crippen LogP contribution in [0.25, 0.3) is 0 Å². The molecule has 0 radical (unpaired) electrons. The highest BCUT2D eigenvalue weighted by Gasteiger charge is 2.04. The Morgan fingerprint density at radius 3 is 2.52 bits per heavy atom. The molecule has 1 amide bonds. The number of aliphatic imine (C=N–C) groups is 1. The van der Waals surface area contributed by atoms with Gasteiger partial charge in [-0.05, 0) is 61.6 Å². The number of carbonyl (C=O) groups excluding carboxylic acids is 1. The predicted octanol–water partition coefficient (Wildman–Crippen LogP) is 2.79. The van der Waals surface area contributed by atoms with Crippen molar-refractivity contribution in [3.8, 4) is 5.75 Å². The van der Waals surface area contributed by atoms with Crippen molar-refractivity contribution in [1.82, 2.24) is 16.0 Å². The number of nitrogens with one attached hydrogen (secondary N) is 3. The Bertz CT molecular complexity index is 788. The van der Waals surface area contributed by atoms with Gasteiger partial charge in [0, 0.05) is 32.2 Å². The van der Waals surface area contributed by atoms with E-state index in [1.165, 1.54) is 5.56 Å². The van der Waals surface area contributed by atoms with E-state index in [-0.39, 0.29) is 5.91 Å². The fraction of sp³-hybridized carbons (Fsp3) is 0.391. The molecule has 0 aromatic heterocycles. The molecule has 0 heterocycles. The molecule has 0 saturated carbocycles. The average molecular weight is 397 g/mol.